The monoisotopic (exact) mass is 193 g/mol. The van der Waals surface area contributed by atoms with E-state index < -0.39 is 0 Å². The molecule has 0 spiro atoms. The first-order valence-electron chi connectivity index (χ1n) is 4.82. The van der Waals surface area contributed by atoms with Crippen molar-refractivity contribution in [2.45, 2.75) is 27.2 Å². The van der Waals surface area contributed by atoms with Crippen molar-refractivity contribution in [1.29, 1.82) is 0 Å². The van der Waals surface area contributed by atoms with E-state index >= 15 is 0 Å². The fraction of sp³-hybridized carbons (Fsp3) is 0.600. The number of amides is 1. The quantitative estimate of drug-likeness (QED) is 0.751. The van der Waals surface area contributed by atoms with Gasteiger partial charge in [-0.15, -0.1) is 0 Å². The number of aryl methyl sites for hydroxylation is 1. The van der Waals surface area contributed by atoms with Gasteiger partial charge in [0.2, 0.25) is 5.91 Å². The zero-order valence-corrected chi connectivity index (χ0v) is 8.72. The molecule has 1 amide bonds. The maximum atomic E-state index is 11.6. The highest BCUT2D eigenvalue weighted by Crippen LogP contribution is 2.51. The summed E-state index contributed by atoms with van der Waals surface area (Å²) in [6.45, 7) is 6.11. The highest BCUT2D eigenvalue weighted by Gasteiger charge is 2.50. The number of nitrogens with zero attached hydrogens (tertiary/aromatic N) is 1. The van der Waals surface area contributed by atoms with Gasteiger partial charge < -0.3 is 5.32 Å². The van der Waals surface area contributed by atoms with Gasteiger partial charge in [-0.2, -0.15) is 5.10 Å². The zero-order valence-electron chi connectivity index (χ0n) is 8.72. The summed E-state index contributed by atoms with van der Waals surface area (Å²) in [5, 5.41) is 9.55. The van der Waals surface area contributed by atoms with Gasteiger partial charge in [0.15, 0.2) is 5.82 Å². The van der Waals surface area contributed by atoms with Crippen LogP contribution in [-0.2, 0) is 4.79 Å². The van der Waals surface area contributed by atoms with Gasteiger partial charge in [-0.05, 0) is 18.8 Å². The molecule has 1 unspecified atom stereocenters. The van der Waals surface area contributed by atoms with Crippen molar-refractivity contribution in [2.75, 3.05) is 5.32 Å². The Bertz CT molecular complexity index is 367. The van der Waals surface area contributed by atoms with Crippen LogP contribution in [0.15, 0.2) is 6.07 Å². The third-order valence-electron chi connectivity index (χ3n) is 2.79. The molecular formula is C10H15N3O. The van der Waals surface area contributed by atoms with Gasteiger partial charge in [-0.1, -0.05) is 13.8 Å². The lowest BCUT2D eigenvalue weighted by atomic mass is 10.1. The van der Waals surface area contributed by atoms with E-state index in [-0.39, 0.29) is 17.2 Å². The molecule has 1 aromatic rings. The summed E-state index contributed by atoms with van der Waals surface area (Å²) in [7, 11) is 0. The summed E-state index contributed by atoms with van der Waals surface area (Å²) in [5.41, 5.74) is 1.13. The Morgan fingerprint density at radius 3 is 2.79 bits per heavy atom. The fourth-order valence-electron chi connectivity index (χ4n) is 1.61. The Morgan fingerprint density at radius 1 is 1.71 bits per heavy atom. The van der Waals surface area contributed by atoms with Crippen LogP contribution in [0.25, 0.3) is 0 Å². The number of aromatic amines is 1. The van der Waals surface area contributed by atoms with Gasteiger partial charge in [0.1, 0.15) is 0 Å². The molecule has 0 bridgehead atoms. The first-order valence-corrected chi connectivity index (χ1v) is 4.82. The summed E-state index contributed by atoms with van der Waals surface area (Å²) in [6, 6.07) is 1.83. The molecule has 1 aliphatic carbocycles. The Kier molecular flexibility index (Phi) is 1.87. The molecule has 1 fully saturated rings. The molecule has 2 rings (SSSR count). The van der Waals surface area contributed by atoms with E-state index in [4.69, 9.17) is 0 Å². The van der Waals surface area contributed by atoms with Crippen molar-refractivity contribution in [2.24, 2.45) is 11.3 Å². The van der Waals surface area contributed by atoms with Gasteiger partial charge >= 0.3 is 0 Å². The maximum absolute atomic E-state index is 11.6. The number of carbonyl (C=O) groups is 1. The Balaban J connectivity index is 1.96. The molecule has 14 heavy (non-hydrogen) atoms. The number of hydrogen-bond acceptors (Lipinski definition) is 2. The second kappa shape index (κ2) is 2.83. The molecule has 1 saturated carbocycles. The molecule has 0 aromatic carbocycles. The minimum Gasteiger partial charge on any atom is -0.309 e. The van der Waals surface area contributed by atoms with Crippen molar-refractivity contribution >= 4 is 11.7 Å². The van der Waals surface area contributed by atoms with E-state index in [0.29, 0.717) is 5.82 Å². The Hall–Kier alpha value is -1.32. The van der Waals surface area contributed by atoms with E-state index in [2.05, 4.69) is 29.4 Å². The summed E-state index contributed by atoms with van der Waals surface area (Å²) >= 11 is 0. The highest BCUT2D eigenvalue weighted by atomic mass is 16.2. The summed E-state index contributed by atoms with van der Waals surface area (Å²) in [5.74, 6) is 0.858. The third kappa shape index (κ3) is 1.64. The van der Waals surface area contributed by atoms with Gasteiger partial charge in [-0.3, -0.25) is 9.89 Å². The molecule has 0 aliphatic heterocycles. The van der Waals surface area contributed by atoms with Crippen molar-refractivity contribution in [3.8, 4) is 0 Å². The molecule has 1 aromatic heterocycles. The van der Waals surface area contributed by atoms with Crippen molar-refractivity contribution in [3.05, 3.63) is 11.8 Å². The van der Waals surface area contributed by atoms with E-state index in [0.717, 1.165) is 12.1 Å². The van der Waals surface area contributed by atoms with E-state index in [1.54, 1.807) is 0 Å². The molecule has 0 saturated heterocycles. The minimum atomic E-state index is 0.0847. The lowest BCUT2D eigenvalue weighted by molar-refractivity contribution is -0.118. The first-order chi connectivity index (χ1) is 6.49. The first kappa shape index (κ1) is 9.24. The Labute approximate surface area is 83.1 Å². The van der Waals surface area contributed by atoms with Crippen LogP contribution < -0.4 is 5.32 Å². The minimum absolute atomic E-state index is 0.0847. The van der Waals surface area contributed by atoms with Crippen LogP contribution >= 0.6 is 0 Å². The van der Waals surface area contributed by atoms with Gasteiger partial charge in [0, 0.05) is 17.7 Å². The average Bonchev–Trinajstić information content (AvgIpc) is 2.51. The molecule has 4 nitrogen and oxygen atoms in total. The van der Waals surface area contributed by atoms with Gasteiger partial charge in [0.05, 0.1) is 0 Å². The van der Waals surface area contributed by atoms with Crippen LogP contribution in [-0.4, -0.2) is 16.1 Å². The second-order valence-electron chi connectivity index (χ2n) is 4.67. The molecular weight excluding hydrogens is 178 g/mol. The number of H-pyrrole nitrogens is 1. The lowest BCUT2D eigenvalue weighted by Gasteiger charge is -2.02. The molecule has 1 heterocycles. The summed E-state index contributed by atoms with van der Waals surface area (Å²) in [6.07, 6.45) is 0.974. The van der Waals surface area contributed by atoms with E-state index in [9.17, 15) is 4.79 Å². The number of anilines is 1. The smallest absolute Gasteiger partial charge is 0.229 e. The van der Waals surface area contributed by atoms with Crippen LogP contribution in [0.3, 0.4) is 0 Å². The van der Waals surface area contributed by atoms with Gasteiger partial charge in [-0.25, -0.2) is 0 Å². The van der Waals surface area contributed by atoms with Crippen LogP contribution in [0.5, 0.6) is 0 Å². The van der Waals surface area contributed by atoms with Gasteiger partial charge in [0.25, 0.3) is 0 Å². The average molecular weight is 193 g/mol. The third-order valence-corrected chi connectivity index (χ3v) is 2.79. The predicted molar refractivity (Wildman–Crippen MR) is 53.8 cm³/mol. The van der Waals surface area contributed by atoms with Crippen LogP contribution in [0.1, 0.15) is 26.0 Å². The SMILES string of the molecule is Cc1cc(NC(=O)C2CC2(C)C)n[nH]1. The molecule has 0 radical (unpaired) electrons. The molecule has 4 heteroatoms. The standard InChI is InChI=1S/C10H15N3O/c1-6-4-8(13-12-6)11-9(14)7-5-10(7,2)3/h4,7H,5H2,1-3H3,(H2,11,12,13,14). The Morgan fingerprint density at radius 2 is 2.36 bits per heavy atom. The predicted octanol–water partition coefficient (Wildman–Crippen LogP) is 1.70. The van der Waals surface area contributed by atoms with Crippen LogP contribution in [0.2, 0.25) is 0 Å². The number of hydrogen-bond donors (Lipinski definition) is 2. The summed E-state index contributed by atoms with van der Waals surface area (Å²) in [4.78, 5) is 11.6. The molecule has 76 valence electrons. The maximum Gasteiger partial charge on any atom is 0.229 e. The lowest BCUT2D eigenvalue weighted by Crippen LogP contribution is -2.16. The number of rotatable bonds is 2. The summed E-state index contributed by atoms with van der Waals surface area (Å²) < 4.78 is 0. The van der Waals surface area contributed by atoms with E-state index in [1.807, 2.05) is 13.0 Å². The highest BCUT2D eigenvalue weighted by molar-refractivity contribution is 5.94. The molecule has 2 N–H and O–H groups in total. The topological polar surface area (TPSA) is 57.8 Å². The fourth-order valence-corrected chi connectivity index (χ4v) is 1.61. The van der Waals surface area contributed by atoms with Crippen molar-refractivity contribution < 1.29 is 4.79 Å². The van der Waals surface area contributed by atoms with E-state index in [1.165, 1.54) is 0 Å². The zero-order chi connectivity index (χ0) is 10.3. The largest absolute Gasteiger partial charge is 0.309 e. The number of carbonyl (C=O) groups excluding carboxylic acids is 1. The molecule has 1 atom stereocenters. The molecule has 1 aliphatic rings. The van der Waals surface area contributed by atoms with Crippen LogP contribution in [0, 0.1) is 18.3 Å². The van der Waals surface area contributed by atoms with Crippen molar-refractivity contribution in [3.63, 3.8) is 0 Å². The normalized spacial score (nSPS) is 23.2. The van der Waals surface area contributed by atoms with Crippen LogP contribution in [0.4, 0.5) is 5.82 Å². The number of nitrogens with one attached hydrogen (secondary N) is 2. The second-order valence-corrected chi connectivity index (χ2v) is 4.67. The van der Waals surface area contributed by atoms with Crippen molar-refractivity contribution in [1.82, 2.24) is 10.2 Å². The number of aromatic nitrogens is 2.